The summed E-state index contributed by atoms with van der Waals surface area (Å²) in [6.07, 6.45) is 0. The molecule has 10 aromatic rings. The van der Waals surface area contributed by atoms with Crippen molar-refractivity contribution >= 4 is 34.1 Å². The third-order valence-corrected chi connectivity index (χ3v) is 13.3. The zero-order valence-corrected chi connectivity index (χ0v) is 35.3. The number of benzene rings is 10. The molecule has 0 aromatic heterocycles. The smallest absolute Gasteiger partial charge is 0.163 e. The molecule has 0 bridgehead atoms. The van der Waals surface area contributed by atoms with Crippen LogP contribution >= 0.6 is 0 Å². The van der Waals surface area contributed by atoms with Crippen molar-refractivity contribution in [3.05, 3.63) is 265 Å². The summed E-state index contributed by atoms with van der Waals surface area (Å²) in [5.41, 5.74) is 17.5. The van der Waals surface area contributed by atoms with Crippen molar-refractivity contribution in [2.24, 2.45) is 0 Å². The number of fused-ring (bicyclic) bond motifs is 7. The maximum Gasteiger partial charge on any atom is 0.163 e. The molecule has 65 heavy (non-hydrogen) atoms. The number of hydrogen-bond donors (Lipinski definition) is 0. The molecule has 10 aromatic carbocycles. The zero-order chi connectivity index (χ0) is 42.9. The summed E-state index contributed by atoms with van der Waals surface area (Å²) in [4.78, 5) is 4.66. The first-order valence-corrected chi connectivity index (χ1v) is 22.2. The van der Waals surface area contributed by atoms with Gasteiger partial charge in [-0.2, -0.15) is 0 Å². The standard InChI is InChI=1S/C61H40N2O2/c1-4-16-41(17-5-1)42-28-32-46(33-29-42)62(48-36-37-51-50-22-10-11-23-52(50)61(53(51)40-48,44-18-6-2-7-19-44)45-20-8-3-9-21-45)47-34-30-43(31-35-47)49-38-39-58-59-60(49)65-57-27-15-13-25-55(57)63(59)54-24-12-14-26-56(54)64-58/h1-40H. The normalized spacial score (nSPS) is 13.3. The quantitative estimate of drug-likeness (QED) is 0.160. The largest absolute Gasteiger partial charge is 0.453 e. The van der Waals surface area contributed by atoms with Gasteiger partial charge in [0.25, 0.3) is 0 Å². The number of ether oxygens (including phenoxy) is 2. The fourth-order valence-corrected chi connectivity index (χ4v) is 10.5. The van der Waals surface area contributed by atoms with Gasteiger partial charge in [-0.25, -0.2) is 0 Å². The lowest BCUT2D eigenvalue weighted by molar-refractivity contribution is 0.447. The lowest BCUT2D eigenvalue weighted by Crippen LogP contribution is -2.28. The predicted octanol–water partition coefficient (Wildman–Crippen LogP) is 16.5. The molecule has 3 aliphatic rings. The minimum atomic E-state index is -0.526. The first kappa shape index (κ1) is 37.0. The van der Waals surface area contributed by atoms with Crippen LogP contribution in [0.3, 0.4) is 0 Å². The minimum Gasteiger partial charge on any atom is -0.453 e. The average molecular weight is 833 g/mol. The first-order valence-electron chi connectivity index (χ1n) is 22.2. The van der Waals surface area contributed by atoms with Crippen LogP contribution in [0.4, 0.5) is 34.1 Å². The molecule has 4 nitrogen and oxygen atoms in total. The van der Waals surface area contributed by atoms with Gasteiger partial charge in [-0.15, -0.1) is 0 Å². The molecule has 0 radical (unpaired) electrons. The van der Waals surface area contributed by atoms with E-state index >= 15 is 0 Å². The van der Waals surface area contributed by atoms with Gasteiger partial charge in [0, 0.05) is 22.6 Å². The van der Waals surface area contributed by atoms with E-state index in [-0.39, 0.29) is 0 Å². The Bertz CT molecular complexity index is 3370. The van der Waals surface area contributed by atoms with E-state index in [2.05, 4.69) is 228 Å². The van der Waals surface area contributed by atoms with Crippen LogP contribution in [0.2, 0.25) is 0 Å². The van der Waals surface area contributed by atoms with Crippen LogP contribution in [0.1, 0.15) is 22.3 Å². The second kappa shape index (κ2) is 14.8. The Hall–Kier alpha value is -8.60. The Morgan fingerprint density at radius 3 is 1.49 bits per heavy atom. The highest BCUT2D eigenvalue weighted by Crippen LogP contribution is 2.62. The number of para-hydroxylation sites is 4. The second-order valence-corrected chi connectivity index (χ2v) is 16.8. The highest BCUT2D eigenvalue weighted by Gasteiger charge is 2.46. The van der Waals surface area contributed by atoms with Crippen molar-refractivity contribution in [3.63, 3.8) is 0 Å². The van der Waals surface area contributed by atoms with Crippen molar-refractivity contribution in [3.8, 4) is 56.4 Å². The van der Waals surface area contributed by atoms with Crippen LogP contribution in [-0.2, 0) is 5.41 Å². The Kier molecular flexibility index (Phi) is 8.40. The number of anilines is 6. The summed E-state index contributed by atoms with van der Waals surface area (Å²) >= 11 is 0. The van der Waals surface area contributed by atoms with Gasteiger partial charge in [-0.05, 0) is 123 Å². The van der Waals surface area contributed by atoms with E-state index in [0.717, 1.165) is 68.2 Å². The first-order chi connectivity index (χ1) is 32.2. The molecule has 0 saturated heterocycles. The van der Waals surface area contributed by atoms with Crippen LogP contribution in [-0.4, -0.2) is 0 Å². The average Bonchev–Trinajstić information content (AvgIpc) is 3.68. The summed E-state index contributed by atoms with van der Waals surface area (Å²) in [7, 11) is 0. The van der Waals surface area contributed by atoms with Crippen LogP contribution < -0.4 is 19.3 Å². The molecule has 1 aliphatic carbocycles. The molecule has 0 unspecified atom stereocenters. The minimum absolute atomic E-state index is 0.526. The number of nitrogens with zero attached hydrogens (tertiary/aromatic N) is 2. The molecule has 0 amide bonds. The van der Waals surface area contributed by atoms with E-state index in [1.807, 2.05) is 24.3 Å². The van der Waals surface area contributed by atoms with E-state index in [1.165, 1.54) is 44.5 Å². The summed E-state index contributed by atoms with van der Waals surface area (Å²) in [6.45, 7) is 0. The van der Waals surface area contributed by atoms with Gasteiger partial charge in [0.1, 0.15) is 5.69 Å². The van der Waals surface area contributed by atoms with Crippen LogP contribution in [0.15, 0.2) is 243 Å². The molecule has 2 heterocycles. The van der Waals surface area contributed by atoms with Crippen LogP contribution in [0, 0.1) is 0 Å². The highest BCUT2D eigenvalue weighted by molar-refractivity contribution is 5.98. The maximum atomic E-state index is 6.82. The summed E-state index contributed by atoms with van der Waals surface area (Å²) < 4.78 is 13.3. The van der Waals surface area contributed by atoms with Gasteiger partial charge >= 0.3 is 0 Å². The lowest BCUT2D eigenvalue weighted by Gasteiger charge is -2.38. The van der Waals surface area contributed by atoms with E-state index < -0.39 is 5.41 Å². The van der Waals surface area contributed by atoms with Gasteiger partial charge in [-0.1, -0.05) is 170 Å². The second-order valence-electron chi connectivity index (χ2n) is 16.8. The summed E-state index contributed by atoms with van der Waals surface area (Å²) in [6, 6.07) is 87.0. The molecule has 2 aliphatic heterocycles. The van der Waals surface area contributed by atoms with E-state index in [9.17, 15) is 0 Å². The van der Waals surface area contributed by atoms with Crippen LogP contribution in [0.25, 0.3) is 33.4 Å². The Labute approximate surface area is 378 Å². The van der Waals surface area contributed by atoms with Gasteiger partial charge in [-0.3, -0.25) is 4.90 Å². The van der Waals surface area contributed by atoms with Crippen molar-refractivity contribution in [1.82, 2.24) is 0 Å². The van der Waals surface area contributed by atoms with Gasteiger partial charge in [0.05, 0.1) is 16.8 Å². The molecule has 13 rings (SSSR count). The molecule has 4 heteroatoms. The molecule has 0 fully saturated rings. The van der Waals surface area contributed by atoms with E-state index in [0.29, 0.717) is 0 Å². The zero-order valence-electron chi connectivity index (χ0n) is 35.3. The summed E-state index contributed by atoms with van der Waals surface area (Å²) in [5.74, 6) is 3.15. The lowest BCUT2D eigenvalue weighted by atomic mass is 9.67. The van der Waals surface area contributed by atoms with Crippen molar-refractivity contribution in [1.29, 1.82) is 0 Å². The predicted molar refractivity (Wildman–Crippen MR) is 264 cm³/mol. The molecule has 306 valence electrons. The van der Waals surface area contributed by atoms with Gasteiger partial charge in [0.2, 0.25) is 0 Å². The topological polar surface area (TPSA) is 24.9 Å². The molecule has 0 saturated carbocycles. The maximum absolute atomic E-state index is 6.82. The third kappa shape index (κ3) is 5.71. The molecular weight excluding hydrogens is 793 g/mol. The monoisotopic (exact) mass is 832 g/mol. The number of rotatable bonds is 7. The molecule has 0 atom stereocenters. The van der Waals surface area contributed by atoms with Crippen molar-refractivity contribution in [2.75, 3.05) is 9.80 Å². The molecule has 0 N–H and O–H groups in total. The SMILES string of the molecule is c1ccc(-c2ccc(N(c3ccc(-c4ccc5c6c4Oc4ccccc4N6c4ccccc4O5)cc3)c3ccc4c(c3)C(c3ccccc3)(c3ccccc3)c3ccccc3-4)cc2)cc1. The van der Waals surface area contributed by atoms with Gasteiger partial charge < -0.3 is 14.4 Å². The van der Waals surface area contributed by atoms with E-state index in [1.54, 1.807) is 0 Å². The van der Waals surface area contributed by atoms with E-state index in [4.69, 9.17) is 9.47 Å². The molecule has 0 spiro atoms. The fourth-order valence-electron chi connectivity index (χ4n) is 10.5. The fraction of sp³-hybridized carbons (Fsp3) is 0.0164. The van der Waals surface area contributed by atoms with Crippen molar-refractivity contribution < 1.29 is 9.47 Å². The Morgan fingerprint density at radius 1 is 0.338 bits per heavy atom. The van der Waals surface area contributed by atoms with Crippen molar-refractivity contribution in [2.45, 2.75) is 5.41 Å². The Morgan fingerprint density at radius 2 is 0.831 bits per heavy atom. The molecular formula is C61H40N2O2. The van der Waals surface area contributed by atoms with Gasteiger partial charge in [0.15, 0.2) is 23.0 Å². The summed E-state index contributed by atoms with van der Waals surface area (Å²) in [5, 5.41) is 0. The Balaban J connectivity index is 0.973. The number of hydrogen-bond acceptors (Lipinski definition) is 4. The highest BCUT2D eigenvalue weighted by atomic mass is 16.5. The third-order valence-electron chi connectivity index (χ3n) is 13.3. The van der Waals surface area contributed by atoms with Crippen LogP contribution in [0.5, 0.6) is 23.0 Å².